The minimum absolute atomic E-state index is 0.116. The second-order valence-corrected chi connectivity index (χ2v) is 9.36. The van der Waals surface area contributed by atoms with Gasteiger partial charge in [-0.25, -0.2) is 14.5 Å². The number of hydrogen-bond donors (Lipinski definition) is 1. The number of aryl methyl sites for hydroxylation is 1. The molecular formula is C30H32FN3O6. The van der Waals surface area contributed by atoms with E-state index in [0.717, 1.165) is 23.5 Å². The van der Waals surface area contributed by atoms with Gasteiger partial charge in [0.15, 0.2) is 0 Å². The lowest BCUT2D eigenvalue weighted by Crippen LogP contribution is -2.55. The lowest BCUT2D eigenvalue weighted by atomic mass is 10.1. The number of para-hydroxylation sites is 1. The summed E-state index contributed by atoms with van der Waals surface area (Å²) in [5.74, 6) is -3.85. The topological polar surface area (TPSA) is 97.4 Å². The number of esters is 1. The molecule has 1 heterocycles. The summed E-state index contributed by atoms with van der Waals surface area (Å²) in [6.45, 7) is 2.63. The zero-order chi connectivity index (χ0) is 28.7. The van der Waals surface area contributed by atoms with E-state index in [9.17, 15) is 14.4 Å². The van der Waals surface area contributed by atoms with Crippen molar-refractivity contribution in [3.8, 4) is 5.75 Å². The van der Waals surface area contributed by atoms with E-state index in [0.29, 0.717) is 30.0 Å². The minimum atomic E-state index is -2.68. The molecule has 0 bridgehead atoms. The van der Waals surface area contributed by atoms with Crippen LogP contribution in [0, 0.1) is 6.92 Å². The van der Waals surface area contributed by atoms with Gasteiger partial charge in [0.25, 0.3) is 0 Å². The van der Waals surface area contributed by atoms with Gasteiger partial charge in [-0.1, -0.05) is 30.3 Å². The molecule has 1 saturated heterocycles. The Hall–Kier alpha value is -4.28. The summed E-state index contributed by atoms with van der Waals surface area (Å²) in [4.78, 5) is 44.5. The summed E-state index contributed by atoms with van der Waals surface area (Å²) < 4.78 is 26.7. The van der Waals surface area contributed by atoms with Gasteiger partial charge in [0.2, 0.25) is 5.78 Å². The number of carbonyl (C=O) groups excluding carboxylic acids is 3. The minimum Gasteiger partial charge on any atom is -0.465 e. The standard InChI is InChI=1S/C30H32FN3O6/c1-21-8-4-5-9-26(21)34(39-3)29(37)32-24-14-10-22(11-15-24)20-27(35)30(31,33-18-6-7-19-33)40-25-16-12-23(13-17-25)28(36)38-2/h4-5,8-17H,6-7,18-20H2,1-3H3,(H,32,37). The van der Waals surface area contributed by atoms with Gasteiger partial charge in [-0.15, -0.1) is 0 Å². The van der Waals surface area contributed by atoms with Crippen molar-refractivity contribution in [3.05, 3.63) is 89.5 Å². The van der Waals surface area contributed by atoms with E-state index in [1.165, 1.54) is 43.4 Å². The second-order valence-electron chi connectivity index (χ2n) is 9.36. The summed E-state index contributed by atoms with van der Waals surface area (Å²) >= 11 is 0. The number of anilines is 2. The number of amides is 2. The van der Waals surface area contributed by atoms with Gasteiger partial charge in [0.1, 0.15) is 5.75 Å². The molecule has 4 rings (SSSR count). The number of nitrogens with one attached hydrogen (secondary N) is 1. The number of methoxy groups -OCH3 is 1. The molecule has 0 saturated carbocycles. The first kappa shape index (κ1) is 28.7. The number of urea groups is 1. The first-order valence-corrected chi connectivity index (χ1v) is 12.9. The maximum absolute atomic E-state index is 16.3. The molecule has 0 radical (unpaired) electrons. The van der Waals surface area contributed by atoms with Crippen molar-refractivity contribution in [3.63, 3.8) is 0 Å². The smallest absolute Gasteiger partial charge is 0.371 e. The fourth-order valence-corrected chi connectivity index (χ4v) is 4.49. The van der Waals surface area contributed by atoms with Gasteiger partial charge in [0, 0.05) is 25.2 Å². The molecule has 210 valence electrons. The molecule has 1 atom stereocenters. The molecule has 9 nitrogen and oxygen atoms in total. The number of nitrogens with zero attached hydrogens (tertiary/aromatic N) is 2. The van der Waals surface area contributed by atoms with Crippen LogP contribution in [0.3, 0.4) is 0 Å². The van der Waals surface area contributed by atoms with Crippen LogP contribution in [-0.2, 0) is 20.8 Å². The second kappa shape index (κ2) is 12.7. The van der Waals surface area contributed by atoms with Crippen LogP contribution in [0.25, 0.3) is 0 Å². The van der Waals surface area contributed by atoms with Gasteiger partial charge < -0.3 is 14.8 Å². The van der Waals surface area contributed by atoms with Gasteiger partial charge in [-0.3, -0.25) is 9.63 Å². The molecule has 1 aliphatic rings. The van der Waals surface area contributed by atoms with Crippen molar-refractivity contribution in [2.24, 2.45) is 0 Å². The molecular weight excluding hydrogens is 517 g/mol. The predicted octanol–water partition coefficient (Wildman–Crippen LogP) is 5.29. The largest absolute Gasteiger partial charge is 0.465 e. The number of benzene rings is 3. The molecule has 0 spiro atoms. The van der Waals surface area contributed by atoms with Gasteiger partial charge in [-0.2, -0.15) is 9.45 Å². The Balaban J connectivity index is 1.45. The van der Waals surface area contributed by atoms with Crippen molar-refractivity contribution < 1.29 is 33.1 Å². The third-order valence-electron chi connectivity index (χ3n) is 6.66. The Morgan fingerprint density at radius 3 is 2.20 bits per heavy atom. The molecule has 3 aromatic carbocycles. The highest BCUT2D eigenvalue weighted by Crippen LogP contribution is 2.30. The van der Waals surface area contributed by atoms with Crippen LogP contribution < -0.4 is 15.1 Å². The Kier molecular flexibility index (Phi) is 9.13. The van der Waals surface area contributed by atoms with Gasteiger partial charge in [-0.05, 0) is 73.4 Å². The van der Waals surface area contributed by atoms with E-state index in [2.05, 4.69) is 10.1 Å². The highest BCUT2D eigenvalue weighted by molar-refractivity contribution is 6.00. The Morgan fingerprint density at radius 1 is 0.950 bits per heavy atom. The van der Waals surface area contributed by atoms with E-state index in [1.54, 1.807) is 30.3 Å². The fourth-order valence-electron chi connectivity index (χ4n) is 4.49. The van der Waals surface area contributed by atoms with Crippen LogP contribution >= 0.6 is 0 Å². The molecule has 10 heteroatoms. The van der Waals surface area contributed by atoms with Crippen LogP contribution in [0.1, 0.15) is 34.3 Å². The number of rotatable bonds is 10. The molecule has 1 N–H and O–H groups in total. The average Bonchev–Trinajstić information content (AvgIpc) is 3.51. The highest BCUT2D eigenvalue weighted by Gasteiger charge is 2.48. The SMILES string of the molecule is COC(=O)c1ccc(OC(F)(C(=O)Cc2ccc(NC(=O)N(OC)c3ccccc3C)cc2)N2CCCC2)cc1. The van der Waals surface area contributed by atoms with Crippen LogP contribution in [0.15, 0.2) is 72.8 Å². The number of ketones is 1. The zero-order valence-electron chi connectivity index (χ0n) is 22.7. The van der Waals surface area contributed by atoms with E-state index < -0.39 is 23.8 Å². The predicted molar refractivity (Wildman–Crippen MR) is 148 cm³/mol. The van der Waals surface area contributed by atoms with Crippen molar-refractivity contribution in [1.82, 2.24) is 4.90 Å². The molecule has 1 unspecified atom stereocenters. The summed E-state index contributed by atoms with van der Waals surface area (Å²) in [6, 6.07) is 19.1. The van der Waals surface area contributed by atoms with E-state index in [1.807, 2.05) is 25.1 Å². The van der Waals surface area contributed by atoms with Crippen LogP contribution in [0.4, 0.5) is 20.6 Å². The number of ether oxygens (including phenoxy) is 2. The number of alkyl halides is 1. The van der Waals surface area contributed by atoms with Crippen molar-refractivity contribution in [1.29, 1.82) is 0 Å². The third-order valence-corrected chi connectivity index (χ3v) is 6.66. The number of Topliss-reactive ketones (excluding diaryl/α,β-unsaturated/α-hetero) is 1. The normalized spacial score (nSPS) is 14.7. The summed E-state index contributed by atoms with van der Waals surface area (Å²) in [5.41, 5.74) is 2.78. The Labute approximate surface area is 232 Å². The summed E-state index contributed by atoms with van der Waals surface area (Å²) in [7, 11) is 2.67. The highest BCUT2D eigenvalue weighted by atomic mass is 19.2. The lowest BCUT2D eigenvalue weighted by Gasteiger charge is -2.33. The fraction of sp³-hybridized carbons (Fsp3) is 0.300. The number of hydroxylamine groups is 1. The first-order valence-electron chi connectivity index (χ1n) is 12.9. The Bertz CT molecular complexity index is 1340. The van der Waals surface area contributed by atoms with Crippen molar-refractivity contribution in [2.45, 2.75) is 32.2 Å². The average molecular weight is 550 g/mol. The molecule has 1 fully saturated rings. The molecule has 40 heavy (non-hydrogen) atoms. The monoisotopic (exact) mass is 549 g/mol. The van der Waals surface area contributed by atoms with Crippen molar-refractivity contribution >= 4 is 29.2 Å². The van der Waals surface area contributed by atoms with E-state index in [4.69, 9.17) is 9.57 Å². The van der Waals surface area contributed by atoms with Gasteiger partial charge in [0.05, 0.1) is 25.5 Å². The molecule has 1 aliphatic heterocycles. The molecule has 3 aromatic rings. The summed E-state index contributed by atoms with van der Waals surface area (Å²) in [6.07, 6.45) is 1.27. The van der Waals surface area contributed by atoms with Gasteiger partial charge >= 0.3 is 18.0 Å². The quantitative estimate of drug-likeness (QED) is 0.208. The number of carbonyl (C=O) groups is 3. The first-order chi connectivity index (χ1) is 19.2. The van der Waals surface area contributed by atoms with E-state index in [-0.39, 0.29) is 17.7 Å². The maximum Gasteiger partial charge on any atom is 0.371 e. The number of halogens is 1. The van der Waals surface area contributed by atoms with Crippen LogP contribution in [0.2, 0.25) is 0 Å². The number of likely N-dealkylation sites (tertiary alicyclic amines) is 1. The summed E-state index contributed by atoms with van der Waals surface area (Å²) in [5, 5.41) is 3.91. The molecule has 0 aliphatic carbocycles. The van der Waals surface area contributed by atoms with Crippen LogP contribution in [-0.4, -0.2) is 56.0 Å². The molecule has 0 aromatic heterocycles. The Morgan fingerprint density at radius 2 is 1.60 bits per heavy atom. The molecule has 2 amide bonds. The zero-order valence-corrected chi connectivity index (χ0v) is 22.7. The third kappa shape index (κ3) is 6.47. The van der Waals surface area contributed by atoms with E-state index >= 15 is 4.39 Å². The van der Waals surface area contributed by atoms with Crippen molar-refractivity contribution in [2.75, 3.05) is 37.7 Å². The van der Waals surface area contributed by atoms with Crippen LogP contribution in [0.5, 0.6) is 5.75 Å². The maximum atomic E-state index is 16.3. The lowest BCUT2D eigenvalue weighted by molar-refractivity contribution is -0.191. The number of hydrogen-bond acceptors (Lipinski definition) is 7.